The van der Waals surface area contributed by atoms with Gasteiger partial charge in [0.15, 0.2) is 0 Å². The summed E-state index contributed by atoms with van der Waals surface area (Å²) in [4.78, 5) is 14.1. The number of hydrogen-bond acceptors (Lipinski definition) is 4. The van der Waals surface area contributed by atoms with Crippen LogP contribution in [0, 0.1) is 22.7 Å². The number of benzene rings is 2. The van der Waals surface area contributed by atoms with Crippen molar-refractivity contribution < 1.29 is 19.0 Å². The fourth-order valence-electron chi connectivity index (χ4n) is 6.90. The van der Waals surface area contributed by atoms with Crippen LogP contribution >= 0.6 is 0 Å². The molecule has 192 valence electrons. The minimum atomic E-state index is -0.478. The third kappa shape index (κ3) is 4.72. The fourth-order valence-corrected chi connectivity index (χ4v) is 6.90. The van der Waals surface area contributed by atoms with Gasteiger partial charge in [0.2, 0.25) is 0 Å². The smallest absolute Gasteiger partial charge is 0.139 e. The number of Topliss-reactive ketones (excluding diaryl/α,β-unsaturated/α-hetero) is 1. The Morgan fingerprint density at radius 3 is 2.39 bits per heavy atom. The van der Waals surface area contributed by atoms with Crippen LogP contribution in [0.3, 0.4) is 0 Å². The van der Waals surface area contributed by atoms with Gasteiger partial charge < -0.3 is 14.2 Å². The van der Waals surface area contributed by atoms with Gasteiger partial charge in [0.25, 0.3) is 0 Å². The highest BCUT2D eigenvalue weighted by Crippen LogP contribution is 2.55. The van der Waals surface area contributed by atoms with E-state index in [0.717, 1.165) is 49.2 Å². The van der Waals surface area contributed by atoms with E-state index in [0.29, 0.717) is 24.7 Å². The Bertz CT molecular complexity index is 1090. The van der Waals surface area contributed by atoms with Crippen LogP contribution in [-0.4, -0.2) is 25.1 Å². The molecule has 0 aromatic heterocycles. The summed E-state index contributed by atoms with van der Waals surface area (Å²) in [6.07, 6.45) is 7.68. The summed E-state index contributed by atoms with van der Waals surface area (Å²) < 4.78 is 18.8. The van der Waals surface area contributed by atoms with E-state index in [9.17, 15) is 4.79 Å². The summed E-state index contributed by atoms with van der Waals surface area (Å²) in [7, 11) is 1.67. The highest BCUT2D eigenvalue weighted by Gasteiger charge is 2.54. The van der Waals surface area contributed by atoms with Gasteiger partial charge in [0.05, 0.1) is 19.8 Å². The van der Waals surface area contributed by atoms with Crippen molar-refractivity contribution in [2.24, 2.45) is 22.7 Å². The van der Waals surface area contributed by atoms with E-state index in [-0.39, 0.29) is 23.5 Å². The van der Waals surface area contributed by atoms with Gasteiger partial charge in [-0.05, 0) is 79.3 Å². The molecule has 3 aliphatic rings. The van der Waals surface area contributed by atoms with Crippen LogP contribution in [0.2, 0.25) is 0 Å². The van der Waals surface area contributed by atoms with Crippen LogP contribution in [0.1, 0.15) is 64.9 Å². The molecular weight excluding hydrogens is 448 g/mol. The predicted molar refractivity (Wildman–Crippen MR) is 142 cm³/mol. The van der Waals surface area contributed by atoms with Crippen LogP contribution in [0.25, 0.3) is 0 Å². The molecule has 0 unspecified atom stereocenters. The molecule has 5 atom stereocenters. The van der Waals surface area contributed by atoms with Gasteiger partial charge >= 0.3 is 0 Å². The van der Waals surface area contributed by atoms with Gasteiger partial charge in [0, 0.05) is 17.8 Å². The summed E-state index contributed by atoms with van der Waals surface area (Å²) in [6, 6.07) is 18.1. The van der Waals surface area contributed by atoms with Gasteiger partial charge in [-0.25, -0.2) is 0 Å². The van der Waals surface area contributed by atoms with Crippen molar-refractivity contribution in [3.8, 4) is 11.5 Å². The minimum Gasteiger partial charge on any atom is -0.497 e. The summed E-state index contributed by atoms with van der Waals surface area (Å²) in [5, 5.41) is 0. The van der Waals surface area contributed by atoms with Gasteiger partial charge in [-0.1, -0.05) is 56.7 Å². The van der Waals surface area contributed by atoms with E-state index in [1.165, 1.54) is 5.57 Å². The van der Waals surface area contributed by atoms with E-state index in [1.807, 2.05) is 42.5 Å². The van der Waals surface area contributed by atoms with Crippen molar-refractivity contribution in [1.82, 2.24) is 0 Å². The second-order valence-electron chi connectivity index (χ2n) is 11.7. The van der Waals surface area contributed by atoms with Crippen LogP contribution < -0.4 is 9.47 Å². The molecule has 0 saturated heterocycles. The lowest BCUT2D eigenvalue weighted by Gasteiger charge is -2.47. The number of ether oxygens (including phenoxy) is 3. The van der Waals surface area contributed by atoms with Crippen LogP contribution in [0.5, 0.6) is 11.5 Å². The first-order chi connectivity index (χ1) is 17.3. The SMILES string of the molecule is COc1ccc(O[C@@H]2/C=C3/CC[C@H](CC(=O)[C@]4(C)CCC[C@H](OCc5ccccc5)[C@H]24)C3(C)C)cc1. The Kier molecular flexibility index (Phi) is 7.00. The van der Waals surface area contributed by atoms with Crippen molar-refractivity contribution in [2.45, 2.75) is 78.1 Å². The average molecular weight is 489 g/mol. The van der Waals surface area contributed by atoms with Gasteiger partial charge in [0.1, 0.15) is 23.4 Å². The zero-order chi connectivity index (χ0) is 25.3. The molecule has 0 radical (unpaired) electrons. The molecule has 0 amide bonds. The van der Waals surface area contributed by atoms with E-state index < -0.39 is 5.41 Å². The first-order valence-corrected chi connectivity index (χ1v) is 13.5. The Balaban J connectivity index is 1.54. The number of allylic oxidation sites excluding steroid dienone is 1. The van der Waals surface area contributed by atoms with E-state index in [1.54, 1.807) is 7.11 Å². The summed E-state index contributed by atoms with van der Waals surface area (Å²) in [6.45, 7) is 7.36. The molecule has 36 heavy (non-hydrogen) atoms. The number of methoxy groups -OCH3 is 1. The number of rotatable bonds is 6. The molecule has 5 rings (SSSR count). The normalized spacial score (nSPS) is 32.9. The molecule has 2 bridgehead atoms. The van der Waals surface area contributed by atoms with Gasteiger partial charge in [-0.3, -0.25) is 4.79 Å². The molecule has 0 spiro atoms. The van der Waals surface area contributed by atoms with Crippen molar-refractivity contribution in [3.05, 3.63) is 71.8 Å². The molecule has 4 heteroatoms. The Hall–Kier alpha value is -2.59. The lowest BCUT2D eigenvalue weighted by atomic mass is 9.60. The Labute approximate surface area is 216 Å². The zero-order valence-corrected chi connectivity index (χ0v) is 22.2. The molecule has 3 aliphatic carbocycles. The zero-order valence-electron chi connectivity index (χ0n) is 22.2. The Morgan fingerprint density at radius 2 is 1.67 bits per heavy atom. The van der Waals surface area contributed by atoms with Crippen LogP contribution in [0.4, 0.5) is 0 Å². The minimum absolute atomic E-state index is 0.00141. The second kappa shape index (κ2) is 10.0. The summed E-state index contributed by atoms with van der Waals surface area (Å²) >= 11 is 0. The fraction of sp³-hybridized carbons (Fsp3) is 0.531. The molecule has 0 aliphatic heterocycles. The summed E-state index contributed by atoms with van der Waals surface area (Å²) in [5.41, 5.74) is 2.11. The van der Waals surface area contributed by atoms with Gasteiger partial charge in [-0.2, -0.15) is 0 Å². The number of ketones is 1. The molecule has 2 aromatic rings. The first-order valence-electron chi connectivity index (χ1n) is 13.5. The molecule has 4 nitrogen and oxygen atoms in total. The largest absolute Gasteiger partial charge is 0.497 e. The van der Waals surface area contributed by atoms with E-state index in [4.69, 9.17) is 14.2 Å². The molecular formula is C32H40O4. The maximum Gasteiger partial charge on any atom is 0.139 e. The highest BCUT2D eigenvalue weighted by atomic mass is 16.5. The third-order valence-corrected chi connectivity index (χ3v) is 9.36. The number of fused-ring (bicyclic) bond motifs is 3. The van der Waals surface area contributed by atoms with Crippen LogP contribution in [0.15, 0.2) is 66.2 Å². The van der Waals surface area contributed by atoms with Crippen molar-refractivity contribution in [1.29, 1.82) is 0 Å². The molecule has 0 N–H and O–H groups in total. The second-order valence-corrected chi connectivity index (χ2v) is 11.7. The Morgan fingerprint density at radius 1 is 0.944 bits per heavy atom. The van der Waals surface area contributed by atoms with Gasteiger partial charge in [-0.15, -0.1) is 0 Å². The summed E-state index contributed by atoms with van der Waals surface area (Å²) in [5.74, 6) is 2.33. The molecule has 0 heterocycles. The number of hydrogen-bond donors (Lipinski definition) is 0. The van der Waals surface area contributed by atoms with Crippen molar-refractivity contribution in [3.63, 3.8) is 0 Å². The molecule has 2 saturated carbocycles. The van der Waals surface area contributed by atoms with Crippen molar-refractivity contribution in [2.75, 3.05) is 7.11 Å². The lowest BCUT2D eigenvalue weighted by Crippen LogP contribution is -2.53. The first kappa shape index (κ1) is 25.1. The maximum absolute atomic E-state index is 14.1. The number of carbonyl (C=O) groups is 1. The van der Waals surface area contributed by atoms with E-state index in [2.05, 4.69) is 39.0 Å². The highest BCUT2D eigenvalue weighted by molar-refractivity contribution is 5.85. The van der Waals surface area contributed by atoms with Crippen molar-refractivity contribution >= 4 is 5.78 Å². The van der Waals surface area contributed by atoms with Crippen LogP contribution in [-0.2, 0) is 16.1 Å². The third-order valence-electron chi connectivity index (χ3n) is 9.36. The lowest BCUT2D eigenvalue weighted by molar-refractivity contribution is -0.149. The van der Waals surface area contributed by atoms with E-state index >= 15 is 0 Å². The molecule has 2 aromatic carbocycles. The predicted octanol–water partition coefficient (Wildman–Crippen LogP) is 7.17. The number of carbonyl (C=O) groups excluding carboxylic acids is 1. The monoisotopic (exact) mass is 488 g/mol. The average Bonchev–Trinajstić information content (AvgIpc) is 3.16. The topological polar surface area (TPSA) is 44.8 Å². The molecule has 2 fully saturated rings. The quantitative estimate of drug-likeness (QED) is 0.404. The maximum atomic E-state index is 14.1. The standard InChI is InChI=1S/C32H40O4/c1-31(2)23-12-13-24(31)20-29(33)32(3)18-8-11-27(35-21-22-9-6-5-7-10-22)30(32)28(19-23)36-26-16-14-25(34-4)15-17-26/h5-7,9-10,14-17,19,24,27-28,30H,8,11-13,18,20-21H2,1-4H3/b23-19-/t24-,27+,28-,30-,32+/m1/s1.